The van der Waals surface area contributed by atoms with Crippen molar-refractivity contribution in [2.75, 3.05) is 0 Å². The summed E-state index contributed by atoms with van der Waals surface area (Å²) in [6.07, 6.45) is 6.74. The fourth-order valence-electron chi connectivity index (χ4n) is 1.20. The van der Waals surface area contributed by atoms with Crippen LogP contribution in [0.15, 0.2) is 12.3 Å². The van der Waals surface area contributed by atoms with Crippen LogP contribution in [0.25, 0.3) is 0 Å². The van der Waals surface area contributed by atoms with Crippen LogP contribution in [0.4, 0.5) is 0 Å². The van der Waals surface area contributed by atoms with Crippen LogP contribution in [0.2, 0.25) is 0 Å². The average Bonchev–Trinajstić information content (AvgIpc) is 2.05. The quantitative estimate of drug-likeness (QED) is 0.639. The Kier molecular flexibility index (Phi) is 3.71. The summed E-state index contributed by atoms with van der Waals surface area (Å²) in [5.41, 5.74) is 1.18. The molecule has 0 saturated carbocycles. The van der Waals surface area contributed by atoms with Gasteiger partial charge in [-0.15, -0.1) is 0 Å². The van der Waals surface area contributed by atoms with Gasteiger partial charge in [-0.3, -0.25) is 0 Å². The Hall–Kier alpha value is -0.920. The number of rotatable bonds is 4. The van der Waals surface area contributed by atoms with Crippen molar-refractivity contribution >= 4 is 0 Å². The lowest BCUT2D eigenvalue weighted by atomic mass is 10.1. The zero-order valence-electron chi connectivity index (χ0n) is 7.88. The summed E-state index contributed by atoms with van der Waals surface area (Å²) in [7, 11) is 0. The molecule has 0 atom stereocenters. The fraction of sp³-hybridized carbons (Fsp3) is 0.600. The number of hydrogen-bond donors (Lipinski definition) is 0. The molecule has 0 spiro atoms. The van der Waals surface area contributed by atoms with E-state index in [-0.39, 0.29) is 0 Å². The largest absolute Gasteiger partial charge is 0.242 e. The summed E-state index contributed by atoms with van der Waals surface area (Å²) in [5, 5.41) is 0. The van der Waals surface area contributed by atoms with Crippen LogP contribution in [0, 0.1) is 6.92 Å². The lowest BCUT2D eigenvalue weighted by Crippen LogP contribution is -1.94. The molecule has 1 aromatic rings. The van der Waals surface area contributed by atoms with Crippen molar-refractivity contribution in [3.8, 4) is 0 Å². The first kappa shape index (κ1) is 9.17. The molecular weight excluding hydrogens is 148 g/mol. The molecule has 0 aliphatic carbocycles. The summed E-state index contributed by atoms with van der Waals surface area (Å²) in [6.45, 7) is 4.15. The Bertz CT molecular complexity index is 233. The van der Waals surface area contributed by atoms with Crippen LogP contribution in [0.5, 0.6) is 0 Å². The summed E-state index contributed by atoms with van der Waals surface area (Å²) >= 11 is 0. The molecule has 12 heavy (non-hydrogen) atoms. The second kappa shape index (κ2) is 4.86. The second-order valence-electron chi connectivity index (χ2n) is 3.05. The zero-order valence-corrected chi connectivity index (χ0v) is 7.88. The van der Waals surface area contributed by atoms with E-state index in [4.69, 9.17) is 0 Å². The number of hydrogen-bond acceptors (Lipinski definition) is 2. The predicted molar refractivity (Wildman–Crippen MR) is 50.0 cm³/mol. The lowest BCUT2D eigenvalue weighted by Gasteiger charge is -1.99. The predicted octanol–water partition coefficient (Wildman–Crippen LogP) is 2.52. The molecule has 0 bridgehead atoms. The molecule has 0 aliphatic rings. The van der Waals surface area contributed by atoms with Crippen molar-refractivity contribution in [2.45, 2.75) is 39.5 Å². The molecule has 2 nitrogen and oxygen atoms in total. The van der Waals surface area contributed by atoms with E-state index in [2.05, 4.69) is 16.9 Å². The molecule has 0 N–H and O–H groups in total. The van der Waals surface area contributed by atoms with Crippen LogP contribution in [-0.2, 0) is 6.42 Å². The van der Waals surface area contributed by atoms with Crippen LogP contribution in [0.3, 0.4) is 0 Å². The van der Waals surface area contributed by atoms with Crippen molar-refractivity contribution in [2.24, 2.45) is 0 Å². The van der Waals surface area contributed by atoms with E-state index in [1.54, 1.807) is 0 Å². The van der Waals surface area contributed by atoms with Gasteiger partial charge in [-0.25, -0.2) is 9.97 Å². The third kappa shape index (κ3) is 2.99. The van der Waals surface area contributed by atoms with E-state index >= 15 is 0 Å². The first-order valence-corrected chi connectivity index (χ1v) is 4.61. The van der Waals surface area contributed by atoms with Gasteiger partial charge in [0.05, 0.1) is 0 Å². The lowest BCUT2D eigenvalue weighted by molar-refractivity contribution is 0.703. The molecule has 1 rings (SSSR count). The highest BCUT2D eigenvalue weighted by atomic mass is 14.9. The van der Waals surface area contributed by atoms with E-state index in [0.29, 0.717) is 0 Å². The van der Waals surface area contributed by atoms with Crippen LogP contribution in [-0.4, -0.2) is 9.97 Å². The molecular formula is C10H16N2. The first-order valence-electron chi connectivity index (χ1n) is 4.61. The molecule has 1 heterocycles. The Morgan fingerprint density at radius 2 is 2.17 bits per heavy atom. The molecule has 0 aliphatic heterocycles. The smallest absolute Gasteiger partial charge is 0.125 e. The Balaban J connectivity index is 2.41. The van der Waals surface area contributed by atoms with Crippen molar-refractivity contribution in [1.29, 1.82) is 0 Å². The summed E-state index contributed by atoms with van der Waals surface area (Å²) in [5.74, 6) is 0.879. The molecule has 2 heteroatoms. The summed E-state index contributed by atoms with van der Waals surface area (Å²) in [4.78, 5) is 8.39. The van der Waals surface area contributed by atoms with Crippen molar-refractivity contribution in [3.63, 3.8) is 0 Å². The fourth-order valence-corrected chi connectivity index (χ4v) is 1.20. The third-order valence-corrected chi connectivity index (χ3v) is 1.87. The van der Waals surface area contributed by atoms with E-state index in [9.17, 15) is 0 Å². The van der Waals surface area contributed by atoms with Crippen molar-refractivity contribution < 1.29 is 0 Å². The van der Waals surface area contributed by atoms with E-state index in [0.717, 1.165) is 12.2 Å². The highest BCUT2D eigenvalue weighted by Gasteiger charge is 1.94. The molecule has 66 valence electrons. The molecule has 1 aromatic heterocycles. The normalized spacial score (nSPS) is 10.2. The van der Waals surface area contributed by atoms with Gasteiger partial charge in [0.1, 0.15) is 5.82 Å². The Morgan fingerprint density at radius 1 is 1.33 bits per heavy atom. The molecule has 0 radical (unpaired) electrons. The second-order valence-corrected chi connectivity index (χ2v) is 3.05. The SMILES string of the molecule is CCCCCc1ccnc(C)n1. The Morgan fingerprint density at radius 3 is 2.83 bits per heavy atom. The molecule has 0 aromatic carbocycles. The van der Waals surface area contributed by atoms with Crippen molar-refractivity contribution in [3.05, 3.63) is 23.8 Å². The molecule has 0 fully saturated rings. The maximum absolute atomic E-state index is 4.33. The number of unbranched alkanes of at least 4 members (excludes halogenated alkanes) is 2. The average molecular weight is 164 g/mol. The molecule has 0 amide bonds. The van der Waals surface area contributed by atoms with E-state index in [1.165, 1.54) is 25.0 Å². The van der Waals surface area contributed by atoms with Gasteiger partial charge in [0.2, 0.25) is 0 Å². The molecule has 0 saturated heterocycles. The molecule has 0 unspecified atom stereocenters. The van der Waals surface area contributed by atoms with Gasteiger partial charge in [-0.1, -0.05) is 19.8 Å². The minimum Gasteiger partial charge on any atom is -0.242 e. The van der Waals surface area contributed by atoms with Crippen LogP contribution in [0.1, 0.15) is 37.7 Å². The van der Waals surface area contributed by atoms with E-state index < -0.39 is 0 Å². The first-order chi connectivity index (χ1) is 5.83. The minimum absolute atomic E-state index is 0.879. The number of aryl methyl sites for hydroxylation is 2. The van der Waals surface area contributed by atoms with Gasteiger partial charge in [-0.2, -0.15) is 0 Å². The topological polar surface area (TPSA) is 25.8 Å². The van der Waals surface area contributed by atoms with Gasteiger partial charge < -0.3 is 0 Å². The standard InChI is InChI=1S/C10H16N2/c1-3-4-5-6-10-7-8-11-9(2)12-10/h7-8H,3-6H2,1-2H3. The van der Waals surface area contributed by atoms with Crippen LogP contribution < -0.4 is 0 Å². The van der Waals surface area contributed by atoms with E-state index in [1.807, 2.05) is 19.2 Å². The monoisotopic (exact) mass is 164 g/mol. The number of nitrogens with zero attached hydrogens (tertiary/aromatic N) is 2. The van der Waals surface area contributed by atoms with Gasteiger partial charge in [-0.05, 0) is 25.8 Å². The highest BCUT2D eigenvalue weighted by Crippen LogP contribution is 2.03. The number of aromatic nitrogens is 2. The van der Waals surface area contributed by atoms with Gasteiger partial charge in [0.25, 0.3) is 0 Å². The van der Waals surface area contributed by atoms with Crippen LogP contribution >= 0.6 is 0 Å². The summed E-state index contributed by atoms with van der Waals surface area (Å²) < 4.78 is 0. The zero-order chi connectivity index (χ0) is 8.81. The van der Waals surface area contributed by atoms with Gasteiger partial charge >= 0.3 is 0 Å². The maximum atomic E-state index is 4.33. The van der Waals surface area contributed by atoms with Gasteiger partial charge in [0.15, 0.2) is 0 Å². The van der Waals surface area contributed by atoms with Crippen molar-refractivity contribution in [1.82, 2.24) is 9.97 Å². The third-order valence-electron chi connectivity index (χ3n) is 1.87. The Labute approximate surface area is 74.1 Å². The summed E-state index contributed by atoms with van der Waals surface area (Å²) in [6, 6.07) is 2.00. The minimum atomic E-state index is 0.879. The highest BCUT2D eigenvalue weighted by molar-refractivity contribution is 5.01. The van der Waals surface area contributed by atoms with Gasteiger partial charge in [0, 0.05) is 11.9 Å². The maximum Gasteiger partial charge on any atom is 0.125 e.